The van der Waals surface area contributed by atoms with Crippen molar-refractivity contribution >= 4 is 11.8 Å². The second-order valence-corrected chi connectivity index (χ2v) is 5.44. The first kappa shape index (κ1) is 13.5. The van der Waals surface area contributed by atoms with Crippen molar-refractivity contribution in [3.8, 4) is 0 Å². The lowest BCUT2D eigenvalue weighted by atomic mass is 10.0. The summed E-state index contributed by atoms with van der Waals surface area (Å²) >= 11 is 1.82. The minimum atomic E-state index is -0.127. The number of nitrogens with two attached hydrogens (primary N) is 1. The molecule has 1 aromatic rings. The van der Waals surface area contributed by atoms with Gasteiger partial charge >= 0.3 is 0 Å². The molecule has 2 N–H and O–H groups in total. The van der Waals surface area contributed by atoms with Crippen LogP contribution in [0, 0.1) is 5.92 Å². The van der Waals surface area contributed by atoms with E-state index in [-0.39, 0.29) is 6.04 Å². The van der Waals surface area contributed by atoms with Gasteiger partial charge in [0.05, 0.1) is 11.8 Å². The maximum absolute atomic E-state index is 5.96. The fourth-order valence-electron chi connectivity index (χ4n) is 1.39. The summed E-state index contributed by atoms with van der Waals surface area (Å²) in [5, 5.41) is 3.93. The third-order valence-corrected chi connectivity index (χ3v) is 3.27. The average molecular weight is 243 g/mol. The van der Waals surface area contributed by atoms with Crippen LogP contribution < -0.4 is 5.73 Å². The maximum Gasteiger partial charge on any atom is 0.243 e. The van der Waals surface area contributed by atoms with Crippen molar-refractivity contribution in [3.63, 3.8) is 0 Å². The average Bonchev–Trinajstić information content (AvgIpc) is 2.66. The van der Waals surface area contributed by atoms with E-state index in [0.717, 1.165) is 23.8 Å². The number of rotatable bonds is 7. The van der Waals surface area contributed by atoms with Crippen molar-refractivity contribution in [1.29, 1.82) is 0 Å². The van der Waals surface area contributed by atoms with Crippen LogP contribution >= 0.6 is 11.8 Å². The SMILES string of the molecule is CCCSCc1noc([C@@H](N)CC(C)C)n1. The predicted octanol–water partition coefficient (Wildman–Crippen LogP) is 2.76. The summed E-state index contributed by atoms with van der Waals surface area (Å²) in [7, 11) is 0. The van der Waals surface area contributed by atoms with E-state index in [2.05, 4.69) is 30.9 Å². The molecule has 0 fully saturated rings. The number of hydrogen-bond acceptors (Lipinski definition) is 5. The van der Waals surface area contributed by atoms with Gasteiger partial charge in [0.1, 0.15) is 0 Å². The Bertz CT molecular complexity index is 301. The fourth-order valence-corrected chi connectivity index (χ4v) is 2.13. The van der Waals surface area contributed by atoms with Crippen LogP contribution in [0.5, 0.6) is 0 Å². The fraction of sp³-hybridized carbons (Fsp3) is 0.818. The lowest BCUT2D eigenvalue weighted by Crippen LogP contribution is -2.13. The molecule has 1 aromatic heterocycles. The third-order valence-electron chi connectivity index (χ3n) is 2.11. The summed E-state index contributed by atoms with van der Waals surface area (Å²) in [5.41, 5.74) is 5.96. The Morgan fingerprint density at radius 2 is 2.19 bits per heavy atom. The lowest BCUT2D eigenvalue weighted by molar-refractivity contribution is 0.333. The highest BCUT2D eigenvalue weighted by Crippen LogP contribution is 2.18. The number of nitrogens with zero attached hydrogens (tertiary/aromatic N) is 2. The van der Waals surface area contributed by atoms with Crippen LogP contribution in [-0.4, -0.2) is 15.9 Å². The molecule has 0 saturated carbocycles. The van der Waals surface area contributed by atoms with Gasteiger partial charge < -0.3 is 10.3 Å². The normalized spacial score (nSPS) is 13.3. The highest BCUT2D eigenvalue weighted by atomic mass is 32.2. The minimum absolute atomic E-state index is 0.127. The van der Waals surface area contributed by atoms with Crippen molar-refractivity contribution in [2.75, 3.05) is 5.75 Å². The molecule has 92 valence electrons. The van der Waals surface area contributed by atoms with Gasteiger partial charge in [-0.2, -0.15) is 16.7 Å². The van der Waals surface area contributed by atoms with Gasteiger partial charge in [-0.25, -0.2) is 0 Å². The summed E-state index contributed by atoms with van der Waals surface area (Å²) in [4.78, 5) is 4.31. The van der Waals surface area contributed by atoms with Gasteiger partial charge in [0.2, 0.25) is 5.89 Å². The highest BCUT2D eigenvalue weighted by molar-refractivity contribution is 7.98. The standard InChI is InChI=1S/C11H21N3OS/c1-4-5-16-7-10-13-11(15-14-10)9(12)6-8(2)3/h8-9H,4-7,12H2,1-3H3/t9-/m0/s1. The van der Waals surface area contributed by atoms with Crippen LogP contribution in [0.25, 0.3) is 0 Å². The number of aromatic nitrogens is 2. The molecule has 1 heterocycles. The number of hydrogen-bond donors (Lipinski definition) is 1. The predicted molar refractivity (Wildman–Crippen MR) is 67.1 cm³/mol. The van der Waals surface area contributed by atoms with Crippen LogP contribution in [0.2, 0.25) is 0 Å². The summed E-state index contributed by atoms with van der Waals surface area (Å²) in [6.07, 6.45) is 2.05. The third kappa shape index (κ3) is 4.53. The zero-order valence-corrected chi connectivity index (χ0v) is 11.1. The van der Waals surface area contributed by atoms with E-state index in [1.54, 1.807) is 0 Å². The molecule has 0 spiro atoms. The molecule has 5 heteroatoms. The molecule has 0 radical (unpaired) electrons. The van der Waals surface area contributed by atoms with E-state index in [1.165, 1.54) is 6.42 Å². The van der Waals surface area contributed by atoms with Crippen molar-refractivity contribution in [2.24, 2.45) is 11.7 Å². The van der Waals surface area contributed by atoms with Gasteiger partial charge in [0, 0.05) is 0 Å². The van der Waals surface area contributed by atoms with Gasteiger partial charge in [-0.1, -0.05) is 25.9 Å². The minimum Gasteiger partial charge on any atom is -0.338 e. The van der Waals surface area contributed by atoms with E-state index < -0.39 is 0 Å². The largest absolute Gasteiger partial charge is 0.338 e. The van der Waals surface area contributed by atoms with Crippen LogP contribution in [0.1, 0.15) is 51.4 Å². The maximum atomic E-state index is 5.96. The van der Waals surface area contributed by atoms with Crippen molar-refractivity contribution in [1.82, 2.24) is 10.1 Å². The molecule has 0 aliphatic carbocycles. The molecule has 0 unspecified atom stereocenters. The smallest absolute Gasteiger partial charge is 0.243 e. The lowest BCUT2D eigenvalue weighted by Gasteiger charge is -2.08. The quantitative estimate of drug-likeness (QED) is 0.746. The van der Waals surface area contributed by atoms with Crippen LogP contribution in [0.3, 0.4) is 0 Å². The van der Waals surface area contributed by atoms with E-state index in [0.29, 0.717) is 11.8 Å². The topological polar surface area (TPSA) is 64.9 Å². The van der Waals surface area contributed by atoms with E-state index in [4.69, 9.17) is 10.3 Å². The number of thioether (sulfide) groups is 1. The molecule has 0 amide bonds. The Morgan fingerprint density at radius 1 is 1.44 bits per heavy atom. The second kappa shape index (κ2) is 6.91. The molecule has 0 bridgehead atoms. The van der Waals surface area contributed by atoms with Gasteiger partial charge in [-0.3, -0.25) is 0 Å². The molecule has 0 aliphatic heterocycles. The van der Waals surface area contributed by atoms with Crippen LogP contribution in [0.4, 0.5) is 0 Å². The summed E-state index contributed by atoms with van der Waals surface area (Å²) in [5.74, 6) is 3.81. The van der Waals surface area contributed by atoms with Crippen molar-refractivity contribution in [3.05, 3.63) is 11.7 Å². The van der Waals surface area contributed by atoms with E-state index in [1.807, 2.05) is 11.8 Å². The Morgan fingerprint density at radius 3 is 2.81 bits per heavy atom. The van der Waals surface area contributed by atoms with E-state index in [9.17, 15) is 0 Å². The molecule has 1 atom stereocenters. The first-order valence-electron chi connectivity index (χ1n) is 5.79. The van der Waals surface area contributed by atoms with Crippen molar-refractivity contribution < 1.29 is 4.52 Å². The molecule has 1 rings (SSSR count). The second-order valence-electron chi connectivity index (χ2n) is 4.34. The van der Waals surface area contributed by atoms with Crippen LogP contribution in [-0.2, 0) is 5.75 Å². The van der Waals surface area contributed by atoms with Gasteiger partial charge in [-0.15, -0.1) is 0 Å². The van der Waals surface area contributed by atoms with Crippen molar-refractivity contribution in [2.45, 2.75) is 45.4 Å². The zero-order chi connectivity index (χ0) is 12.0. The Hall–Kier alpha value is -0.550. The monoisotopic (exact) mass is 243 g/mol. The molecular weight excluding hydrogens is 222 g/mol. The van der Waals surface area contributed by atoms with Gasteiger partial charge in [0.25, 0.3) is 0 Å². The highest BCUT2D eigenvalue weighted by Gasteiger charge is 2.15. The molecule has 0 aromatic carbocycles. The molecule has 0 saturated heterocycles. The van der Waals surface area contributed by atoms with Gasteiger partial charge in [-0.05, 0) is 24.5 Å². The molecule has 0 aliphatic rings. The summed E-state index contributed by atoms with van der Waals surface area (Å²) in [6, 6.07) is -0.127. The Kier molecular flexibility index (Phi) is 5.84. The van der Waals surface area contributed by atoms with Crippen LogP contribution in [0.15, 0.2) is 4.52 Å². The Balaban J connectivity index is 2.44. The first-order chi connectivity index (χ1) is 7.63. The zero-order valence-electron chi connectivity index (χ0n) is 10.3. The summed E-state index contributed by atoms with van der Waals surface area (Å²) in [6.45, 7) is 6.43. The molecule has 16 heavy (non-hydrogen) atoms. The molecular formula is C11H21N3OS. The first-order valence-corrected chi connectivity index (χ1v) is 6.94. The Labute approximate surface area is 101 Å². The summed E-state index contributed by atoms with van der Waals surface area (Å²) < 4.78 is 5.16. The van der Waals surface area contributed by atoms with E-state index >= 15 is 0 Å². The van der Waals surface area contributed by atoms with Gasteiger partial charge in [0.15, 0.2) is 5.82 Å². The molecule has 4 nitrogen and oxygen atoms in total.